The third-order valence-electron chi connectivity index (χ3n) is 2.16. The minimum Gasteiger partial charge on any atom is -0.377 e. The third kappa shape index (κ3) is 4.08. The van der Waals surface area contributed by atoms with Crippen LogP contribution in [0.4, 0.5) is 4.39 Å². The summed E-state index contributed by atoms with van der Waals surface area (Å²) in [6, 6.07) is 4.58. The van der Waals surface area contributed by atoms with Crippen molar-refractivity contribution < 1.29 is 9.13 Å². The summed E-state index contributed by atoms with van der Waals surface area (Å²) in [6.45, 7) is 4.34. The van der Waals surface area contributed by atoms with Gasteiger partial charge in [0.15, 0.2) is 0 Å². The Morgan fingerprint density at radius 3 is 2.75 bits per heavy atom. The van der Waals surface area contributed by atoms with Gasteiger partial charge >= 0.3 is 0 Å². The molecule has 2 N–H and O–H groups in total. The Balaban J connectivity index is 2.56. The molecular formula is C12H17ClFNO. The third-order valence-corrected chi connectivity index (χ3v) is 2.58. The van der Waals surface area contributed by atoms with Gasteiger partial charge in [0.2, 0.25) is 0 Å². The van der Waals surface area contributed by atoms with E-state index in [1.54, 1.807) is 12.1 Å². The Kier molecular flexibility index (Phi) is 5.19. The van der Waals surface area contributed by atoms with Crippen LogP contribution in [0.5, 0.6) is 0 Å². The average Bonchev–Trinajstić information content (AvgIpc) is 2.22. The molecule has 0 aromatic heterocycles. The topological polar surface area (TPSA) is 35.2 Å². The molecule has 1 unspecified atom stereocenters. The first-order valence-corrected chi connectivity index (χ1v) is 5.68. The fraction of sp³-hybridized carbons (Fsp3) is 0.500. The maximum absolute atomic E-state index is 13.1. The van der Waals surface area contributed by atoms with Crippen LogP contribution in [-0.4, -0.2) is 18.8 Å². The minimum atomic E-state index is -0.406. The first kappa shape index (κ1) is 13.4. The molecule has 90 valence electrons. The number of rotatable bonds is 5. The second kappa shape index (κ2) is 6.18. The second-order valence-electron chi connectivity index (χ2n) is 4.06. The van der Waals surface area contributed by atoms with E-state index < -0.39 is 5.82 Å². The highest BCUT2D eigenvalue weighted by Crippen LogP contribution is 2.20. The monoisotopic (exact) mass is 245 g/mol. The molecule has 1 aromatic rings. The largest absolute Gasteiger partial charge is 0.377 e. The molecule has 0 radical (unpaired) electrons. The van der Waals surface area contributed by atoms with Crippen LogP contribution in [-0.2, 0) is 11.2 Å². The van der Waals surface area contributed by atoms with E-state index >= 15 is 0 Å². The van der Waals surface area contributed by atoms with Gasteiger partial charge in [-0.2, -0.15) is 0 Å². The molecular weight excluding hydrogens is 229 g/mol. The first-order chi connectivity index (χ1) is 7.50. The molecule has 0 fully saturated rings. The van der Waals surface area contributed by atoms with Crippen molar-refractivity contribution in [1.82, 2.24) is 0 Å². The molecule has 0 aliphatic rings. The Bertz CT molecular complexity index is 344. The van der Waals surface area contributed by atoms with Crippen LogP contribution in [0.15, 0.2) is 18.2 Å². The van der Waals surface area contributed by atoms with Crippen LogP contribution in [0.3, 0.4) is 0 Å². The van der Waals surface area contributed by atoms with Gasteiger partial charge in [0.05, 0.1) is 17.7 Å². The number of nitrogens with two attached hydrogens (primary N) is 1. The maximum atomic E-state index is 13.1. The maximum Gasteiger partial charge on any atom is 0.142 e. The highest BCUT2D eigenvalue weighted by molar-refractivity contribution is 6.31. The summed E-state index contributed by atoms with van der Waals surface area (Å²) in [5.41, 5.74) is 6.59. The van der Waals surface area contributed by atoms with Crippen molar-refractivity contribution in [3.05, 3.63) is 34.6 Å². The Hall–Kier alpha value is -0.640. The van der Waals surface area contributed by atoms with Crippen LogP contribution in [0.1, 0.15) is 19.4 Å². The molecule has 0 heterocycles. The number of ether oxygens (including phenoxy) is 1. The van der Waals surface area contributed by atoms with Crippen LogP contribution < -0.4 is 5.73 Å². The number of benzene rings is 1. The van der Waals surface area contributed by atoms with Gasteiger partial charge in [-0.3, -0.25) is 0 Å². The van der Waals surface area contributed by atoms with Gasteiger partial charge in [-0.25, -0.2) is 4.39 Å². The van der Waals surface area contributed by atoms with Gasteiger partial charge in [-0.05, 0) is 31.9 Å². The van der Waals surface area contributed by atoms with E-state index in [9.17, 15) is 4.39 Å². The Morgan fingerprint density at radius 1 is 1.44 bits per heavy atom. The zero-order chi connectivity index (χ0) is 12.1. The normalized spacial score (nSPS) is 13.1. The lowest BCUT2D eigenvalue weighted by atomic mass is 10.1. The van der Waals surface area contributed by atoms with Crippen LogP contribution in [0.25, 0.3) is 0 Å². The van der Waals surface area contributed by atoms with Gasteiger partial charge in [0.25, 0.3) is 0 Å². The fourth-order valence-electron chi connectivity index (χ4n) is 1.36. The van der Waals surface area contributed by atoms with Crippen molar-refractivity contribution in [2.45, 2.75) is 32.4 Å². The molecule has 0 amide bonds. The molecule has 2 nitrogen and oxygen atoms in total. The lowest BCUT2D eigenvalue weighted by molar-refractivity contribution is 0.0684. The Labute approximate surface area is 101 Å². The summed E-state index contributed by atoms with van der Waals surface area (Å²) in [7, 11) is 0. The highest BCUT2D eigenvalue weighted by atomic mass is 35.5. The lowest BCUT2D eigenvalue weighted by Crippen LogP contribution is -2.30. The summed E-state index contributed by atoms with van der Waals surface area (Å²) in [4.78, 5) is 0. The summed E-state index contributed by atoms with van der Waals surface area (Å²) in [5.74, 6) is -0.406. The molecule has 0 bridgehead atoms. The van der Waals surface area contributed by atoms with Crippen LogP contribution >= 0.6 is 11.6 Å². The SMILES string of the molecule is CC(C)OCC(N)Cc1cccc(F)c1Cl. The van der Waals surface area contributed by atoms with Gasteiger partial charge in [0.1, 0.15) is 5.82 Å². The van der Waals surface area contributed by atoms with Gasteiger partial charge in [-0.1, -0.05) is 23.7 Å². The molecule has 0 saturated carbocycles. The van der Waals surface area contributed by atoms with E-state index in [-0.39, 0.29) is 17.2 Å². The smallest absolute Gasteiger partial charge is 0.142 e. The molecule has 1 atom stereocenters. The molecule has 1 rings (SSSR count). The van der Waals surface area contributed by atoms with Crippen LogP contribution in [0.2, 0.25) is 5.02 Å². The molecule has 0 aliphatic carbocycles. The molecule has 16 heavy (non-hydrogen) atoms. The molecule has 4 heteroatoms. The van der Waals surface area contributed by atoms with Crippen molar-refractivity contribution in [2.24, 2.45) is 5.73 Å². The standard InChI is InChI=1S/C12H17ClFNO/c1-8(2)16-7-10(15)6-9-4-3-5-11(14)12(9)13/h3-5,8,10H,6-7,15H2,1-2H3. The summed E-state index contributed by atoms with van der Waals surface area (Å²) in [6.07, 6.45) is 0.664. The lowest BCUT2D eigenvalue weighted by Gasteiger charge is -2.15. The highest BCUT2D eigenvalue weighted by Gasteiger charge is 2.10. The van der Waals surface area contributed by atoms with E-state index in [0.717, 1.165) is 5.56 Å². The predicted molar refractivity (Wildman–Crippen MR) is 64.2 cm³/mol. The van der Waals surface area contributed by atoms with E-state index in [0.29, 0.717) is 13.0 Å². The summed E-state index contributed by atoms with van der Waals surface area (Å²) in [5, 5.41) is 0.155. The van der Waals surface area contributed by atoms with Gasteiger partial charge < -0.3 is 10.5 Å². The van der Waals surface area contributed by atoms with Crippen molar-refractivity contribution in [3.63, 3.8) is 0 Å². The zero-order valence-electron chi connectivity index (χ0n) is 9.54. The fourth-order valence-corrected chi connectivity index (χ4v) is 1.57. The van der Waals surface area contributed by atoms with E-state index in [4.69, 9.17) is 22.1 Å². The summed E-state index contributed by atoms with van der Waals surface area (Å²) >= 11 is 5.83. The molecule has 1 aromatic carbocycles. The molecule has 0 saturated heterocycles. The Morgan fingerprint density at radius 2 is 2.12 bits per heavy atom. The number of hydrogen-bond acceptors (Lipinski definition) is 2. The minimum absolute atomic E-state index is 0.147. The van der Waals surface area contributed by atoms with Gasteiger partial charge in [-0.15, -0.1) is 0 Å². The first-order valence-electron chi connectivity index (χ1n) is 5.30. The van der Waals surface area contributed by atoms with Gasteiger partial charge in [0, 0.05) is 6.04 Å². The predicted octanol–water partition coefficient (Wildman–Crippen LogP) is 2.77. The molecule has 0 spiro atoms. The van der Waals surface area contributed by atoms with Crippen molar-refractivity contribution in [1.29, 1.82) is 0 Å². The average molecular weight is 246 g/mol. The van der Waals surface area contributed by atoms with Crippen molar-refractivity contribution in [3.8, 4) is 0 Å². The summed E-state index contributed by atoms with van der Waals surface area (Å²) < 4.78 is 18.5. The number of halogens is 2. The van der Waals surface area contributed by atoms with Crippen molar-refractivity contribution in [2.75, 3.05) is 6.61 Å². The second-order valence-corrected chi connectivity index (χ2v) is 4.44. The zero-order valence-corrected chi connectivity index (χ0v) is 10.3. The van der Waals surface area contributed by atoms with E-state index in [1.807, 2.05) is 13.8 Å². The van der Waals surface area contributed by atoms with E-state index in [2.05, 4.69) is 0 Å². The quantitative estimate of drug-likeness (QED) is 0.866. The number of hydrogen-bond donors (Lipinski definition) is 1. The van der Waals surface area contributed by atoms with E-state index in [1.165, 1.54) is 6.07 Å². The van der Waals surface area contributed by atoms with Crippen LogP contribution in [0, 0.1) is 5.82 Å². The van der Waals surface area contributed by atoms with Crippen molar-refractivity contribution >= 4 is 11.6 Å². The molecule has 0 aliphatic heterocycles.